The van der Waals surface area contributed by atoms with Gasteiger partial charge in [-0.05, 0) is 502 Å². The van der Waals surface area contributed by atoms with E-state index in [1.807, 2.05) is 64.0 Å². The van der Waals surface area contributed by atoms with Gasteiger partial charge in [0.1, 0.15) is 0 Å². The van der Waals surface area contributed by atoms with E-state index in [-0.39, 0.29) is 0 Å². The molecule has 9 heteroatoms. The van der Waals surface area contributed by atoms with Crippen molar-refractivity contribution in [2.24, 2.45) is 155 Å². The molecule has 18 aliphatic rings. The first-order valence-electron chi connectivity index (χ1n) is 56.4. The first kappa shape index (κ1) is 108. The standard InChI is InChI=1S/C15H28O.2C14H26O.3C13H24O.2C12H22O.C11H20O/c1-3-13-4-8-15(9-5-13)10-6-14(7-11-15)12-16-2;1-3-12-4-7-14(10-12)8-5-13(6-9-14)11-15-2;1-3-12-4-7-14(8-5-12)9-6-13(10-14)11-15-2;1-3-11-8-13(9-11)6-4-12(5-7-13)10-14-2;1-3-11-4-6-13(8-11)7-5-12(9-13)10-14-2;1-3-11-4-6-13(7-5-11)8-12(9-13)10-14-2;1-3-10-6-12(7-10)5-4-11(8-12)9-13-2;1-3-10-4-5-12(6-10)7-11(8-12)9-13-2;1-3-9-4-11(5-9)6-10(7-11)8-12-2/h13-14H,3-12H2,1-2H3;2*12-13H,3-11H2,1-2H3;3*11-12H,3-10H2,1-2H3;2*10-11H,3-9H2,1-2H3;9-10H,3-8H2,1-2H3. The summed E-state index contributed by atoms with van der Waals surface area (Å²) in [6, 6.07) is 0. The van der Waals surface area contributed by atoms with Gasteiger partial charge in [0, 0.05) is 123 Å². The fourth-order valence-corrected chi connectivity index (χ4v) is 32.9. The lowest BCUT2D eigenvalue weighted by Crippen LogP contribution is -2.48. The minimum absolute atomic E-state index is 0.745. The van der Waals surface area contributed by atoms with E-state index in [4.69, 9.17) is 42.6 Å². The van der Waals surface area contributed by atoms with E-state index in [1.165, 1.54) is 405 Å². The lowest BCUT2D eigenvalue weighted by atomic mass is 9.48. The maximum Gasteiger partial charge on any atom is 0.0490 e. The summed E-state index contributed by atoms with van der Waals surface area (Å²) in [5.74, 6) is 17.3. The van der Waals surface area contributed by atoms with Crippen molar-refractivity contribution in [2.75, 3.05) is 123 Å². The van der Waals surface area contributed by atoms with Crippen LogP contribution in [0.3, 0.4) is 0 Å². The molecule has 0 bridgehead atoms. The van der Waals surface area contributed by atoms with Crippen molar-refractivity contribution in [1.29, 1.82) is 0 Å². The molecule has 18 saturated carbocycles. The van der Waals surface area contributed by atoms with Gasteiger partial charge in [0.05, 0.1) is 0 Å². The Kier molecular flexibility index (Phi) is 45.8. The molecule has 0 N–H and O–H groups in total. The number of hydrogen-bond acceptors (Lipinski definition) is 9. The number of ether oxygens (including phenoxy) is 9. The average Bonchev–Trinajstić information content (AvgIpc) is 0.910. The summed E-state index contributed by atoms with van der Waals surface area (Å²) in [6.45, 7) is 30.1. The molecule has 18 fully saturated rings. The fourth-order valence-electron chi connectivity index (χ4n) is 32.9. The number of methoxy groups -OCH3 is 9. The molecule has 0 aromatic carbocycles. The van der Waals surface area contributed by atoms with Gasteiger partial charge >= 0.3 is 0 Å². The lowest BCUT2D eigenvalue weighted by Gasteiger charge is -2.58. The summed E-state index contributed by atoms with van der Waals surface area (Å²) < 4.78 is 47.2. The Hall–Kier alpha value is -0.360. The quantitative estimate of drug-likeness (QED) is 0.0799. The second kappa shape index (κ2) is 53.5. The van der Waals surface area contributed by atoms with Crippen LogP contribution >= 0.6 is 0 Å². The van der Waals surface area contributed by atoms with Crippen molar-refractivity contribution in [3.63, 3.8) is 0 Å². The molecule has 126 heavy (non-hydrogen) atoms. The molecule has 0 amide bonds. The highest BCUT2D eigenvalue weighted by Crippen LogP contribution is 2.65. The highest BCUT2D eigenvalue weighted by Gasteiger charge is 2.54. The van der Waals surface area contributed by atoms with Crippen LogP contribution in [0.5, 0.6) is 0 Å². The molecular formula is C117H216O9. The van der Waals surface area contributed by atoms with E-state index in [0.717, 1.165) is 215 Å². The van der Waals surface area contributed by atoms with Gasteiger partial charge in [-0.15, -0.1) is 0 Å². The summed E-state index contributed by atoms with van der Waals surface area (Å²) in [7, 11) is 16.5. The molecule has 0 aromatic rings. The molecule has 7 atom stereocenters. The smallest absolute Gasteiger partial charge is 0.0490 e. The summed E-state index contributed by atoms with van der Waals surface area (Å²) in [6.07, 6.45) is 92.6. The summed E-state index contributed by atoms with van der Waals surface area (Å²) >= 11 is 0. The first-order chi connectivity index (χ1) is 61.0. The molecule has 0 aliphatic heterocycles. The average molecular weight is 1770 g/mol. The maximum absolute atomic E-state index is 5.30. The molecule has 7 unspecified atom stereocenters. The molecule has 9 spiro atoms. The molecule has 0 heterocycles. The predicted octanol–water partition coefficient (Wildman–Crippen LogP) is 32.7. The van der Waals surface area contributed by atoms with Gasteiger partial charge in [-0.25, -0.2) is 0 Å². The second-order valence-electron chi connectivity index (χ2n) is 50.2. The molecule has 0 saturated heterocycles. The Bertz CT molecular complexity index is 2790. The minimum atomic E-state index is 0.745. The SMILES string of the molecule is CCC1CC2(C1)CC(COC)C2.CCC1CC2(CCC(COC)C2)C1.CCC1CC2(CCC(COC)CC2)C1.CCC1CCC2(C1)CC(COC)C2.CCC1CCC2(CC1)CC(COC)C2.CCC1CCC2(CC1)CCC(COC)C2.CCC1CCC2(CC1)CCC(COC)CC2.CCC1CCC2(CCC(COC)C2)C1.CCC1CCC2(CCC(COC)CC2)C1. The minimum Gasteiger partial charge on any atom is -0.384 e. The lowest BCUT2D eigenvalue weighted by molar-refractivity contribution is -0.0886. The van der Waals surface area contributed by atoms with Crippen molar-refractivity contribution >= 4 is 0 Å². The van der Waals surface area contributed by atoms with E-state index in [9.17, 15) is 0 Å². The maximum atomic E-state index is 5.30. The van der Waals surface area contributed by atoms with Gasteiger partial charge in [-0.3, -0.25) is 0 Å². The van der Waals surface area contributed by atoms with Crippen LogP contribution in [0, 0.1) is 155 Å². The molecular weight excluding hydrogens is 1550 g/mol. The van der Waals surface area contributed by atoms with Crippen molar-refractivity contribution in [3.8, 4) is 0 Å². The van der Waals surface area contributed by atoms with Gasteiger partial charge in [-0.1, -0.05) is 120 Å². The van der Waals surface area contributed by atoms with E-state index in [2.05, 4.69) is 62.3 Å². The van der Waals surface area contributed by atoms with E-state index in [0.29, 0.717) is 0 Å². The van der Waals surface area contributed by atoms with E-state index >= 15 is 0 Å². The molecule has 9 nitrogen and oxygen atoms in total. The largest absolute Gasteiger partial charge is 0.384 e. The molecule has 738 valence electrons. The predicted molar refractivity (Wildman–Crippen MR) is 534 cm³/mol. The van der Waals surface area contributed by atoms with Crippen LogP contribution < -0.4 is 0 Å². The Balaban J connectivity index is 0.000000148. The molecule has 0 radical (unpaired) electrons. The van der Waals surface area contributed by atoms with Crippen molar-refractivity contribution in [3.05, 3.63) is 0 Å². The molecule has 18 rings (SSSR count). The van der Waals surface area contributed by atoms with Crippen LogP contribution in [-0.4, -0.2) is 123 Å². The zero-order valence-electron chi connectivity index (χ0n) is 87.5. The van der Waals surface area contributed by atoms with Crippen LogP contribution in [0.15, 0.2) is 0 Å². The Morgan fingerprint density at radius 3 is 0.524 bits per heavy atom. The fraction of sp³-hybridized carbons (Fsp3) is 1.00. The van der Waals surface area contributed by atoms with E-state index in [1.54, 1.807) is 0 Å². The zero-order chi connectivity index (χ0) is 90.2. The van der Waals surface area contributed by atoms with Gasteiger partial charge in [0.2, 0.25) is 0 Å². The first-order valence-corrected chi connectivity index (χ1v) is 56.4. The Morgan fingerprint density at radius 1 is 0.127 bits per heavy atom. The van der Waals surface area contributed by atoms with Crippen molar-refractivity contribution in [2.45, 2.75) is 467 Å². The number of hydrogen-bond donors (Lipinski definition) is 0. The third kappa shape index (κ3) is 31.6. The summed E-state index contributed by atoms with van der Waals surface area (Å²) in [5.41, 5.74) is 6.97. The van der Waals surface area contributed by atoms with Crippen LogP contribution in [0.4, 0.5) is 0 Å². The third-order valence-electron chi connectivity index (χ3n) is 41.3. The monoisotopic (exact) mass is 1770 g/mol. The topological polar surface area (TPSA) is 83.1 Å². The van der Waals surface area contributed by atoms with Gasteiger partial charge in [0.15, 0.2) is 0 Å². The molecule has 18 aliphatic carbocycles. The van der Waals surface area contributed by atoms with Gasteiger partial charge in [-0.2, -0.15) is 0 Å². The van der Waals surface area contributed by atoms with Crippen LogP contribution in [0.2, 0.25) is 0 Å². The third-order valence-corrected chi connectivity index (χ3v) is 41.3. The summed E-state index contributed by atoms with van der Waals surface area (Å²) in [4.78, 5) is 0. The van der Waals surface area contributed by atoms with Crippen LogP contribution in [-0.2, 0) is 42.6 Å². The second-order valence-corrected chi connectivity index (χ2v) is 50.2. The highest BCUT2D eigenvalue weighted by atomic mass is 16.5. The van der Waals surface area contributed by atoms with E-state index < -0.39 is 0 Å². The van der Waals surface area contributed by atoms with Crippen molar-refractivity contribution in [1.82, 2.24) is 0 Å². The van der Waals surface area contributed by atoms with Gasteiger partial charge < -0.3 is 42.6 Å². The number of rotatable bonds is 27. The highest BCUT2D eigenvalue weighted by molar-refractivity contribution is 5.05. The Labute approximate surface area is 783 Å². The normalized spacial score (nSPS) is 42.4. The van der Waals surface area contributed by atoms with Crippen LogP contribution in [0.25, 0.3) is 0 Å². The molecule has 0 aromatic heterocycles. The summed E-state index contributed by atoms with van der Waals surface area (Å²) in [5, 5.41) is 0. The zero-order valence-corrected chi connectivity index (χ0v) is 87.5. The van der Waals surface area contributed by atoms with Crippen molar-refractivity contribution < 1.29 is 42.6 Å². The Morgan fingerprint density at radius 2 is 0.262 bits per heavy atom. The van der Waals surface area contributed by atoms with Crippen LogP contribution in [0.1, 0.15) is 467 Å². The van der Waals surface area contributed by atoms with Gasteiger partial charge in [0.25, 0.3) is 0 Å².